The molecule has 0 bridgehead atoms. The molecule has 0 spiro atoms. The summed E-state index contributed by atoms with van der Waals surface area (Å²) in [6.07, 6.45) is 5.25. The number of nitrogens with one attached hydrogen (secondary N) is 1. The van der Waals surface area contributed by atoms with Crippen molar-refractivity contribution in [3.05, 3.63) is 66.0 Å². The van der Waals surface area contributed by atoms with Gasteiger partial charge < -0.3 is 10.2 Å². The number of benzene rings is 2. The van der Waals surface area contributed by atoms with E-state index in [0.717, 1.165) is 32.0 Å². The van der Waals surface area contributed by atoms with Crippen molar-refractivity contribution in [1.29, 1.82) is 0 Å². The molecule has 5 heteroatoms. The lowest BCUT2D eigenvalue weighted by atomic mass is 10.0. The second-order valence-electron chi connectivity index (χ2n) is 6.96. The van der Waals surface area contributed by atoms with Crippen LogP contribution in [0.1, 0.15) is 23.5 Å². The number of guanidine groups is 1. The summed E-state index contributed by atoms with van der Waals surface area (Å²) in [5.41, 5.74) is 2.59. The summed E-state index contributed by atoms with van der Waals surface area (Å²) >= 11 is 0. The average Bonchev–Trinajstić information content (AvgIpc) is 3.31. The minimum atomic E-state index is 0.530. The van der Waals surface area contributed by atoms with Crippen LogP contribution in [0, 0.1) is 0 Å². The second kappa shape index (κ2) is 7.20. The Morgan fingerprint density at radius 3 is 2.85 bits per heavy atom. The second-order valence-corrected chi connectivity index (χ2v) is 6.96. The highest BCUT2D eigenvalue weighted by Gasteiger charge is 2.26. The zero-order valence-corrected chi connectivity index (χ0v) is 15.4. The molecule has 26 heavy (non-hydrogen) atoms. The first-order valence-electron chi connectivity index (χ1n) is 9.15. The molecule has 1 aromatic heterocycles. The van der Waals surface area contributed by atoms with E-state index in [1.807, 2.05) is 25.0 Å². The number of nitrogens with zero attached hydrogens (tertiary/aromatic N) is 4. The van der Waals surface area contributed by atoms with Crippen LogP contribution >= 0.6 is 0 Å². The highest BCUT2D eigenvalue weighted by Crippen LogP contribution is 2.26. The molecule has 1 aliphatic heterocycles. The number of aromatic nitrogens is 2. The van der Waals surface area contributed by atoms with Crippen molar-refractivity contribution >= 4 is 16.7 Å². The standard InChI is InChI=1S/C21H25N5/c1-22-21(26-10-9-19(15-26)20-13-24-25(2)14-20)23-12-16-7-8-17-5-3-4-6-18(17)11-16/h3-8,11,13-14,19H,9-10,12,15H2,1-2H3,(H,22,23). The Balaban J connectivity index is 1.40. The fourth-order valence-electron chi connectivity index (χ4n) is 3.74. The van der Waals surface area contributed by atoms with E-state index in [9.17, 15) is 0 Å². The molecule has 1 N–H and O–H groups in total. The predicted molar refractivity (Wildman–Crippen MR) is 106 cm³/mol. The quantitative estimate of drug-likeness (QED) is 0.585. The van der Waals surface area contributed by atoms with Crippen LogP contribution in [0.5, 0.6) is 0 Å². The Morgan fingerprint density at radius 2 is 2.08 bits per heavy atom. The lowest BCUT2D eigenvalue weighted by molar-refractivity contribution is 0.486. The van der Waals surface area contributed by atoms with Gasteiger partial charge in [-0.05, 0) is 34.4 Å². The maximum Gasteiger partial charge on any atom is 0.193 e. The summed E-state index contributed by atoms with van der Waals surface area (Å²) < 4.78 is 1.88. The summed E-state index contributed by atoms with van der Waals surface area (Å²) in [4.78, 5) is 6.84. The van der Waals surface area contributed by atoms with Gasteiger partial charge in [-0.15, -0.1) is 0 Å². The molecular formula is C21H25N5. The molecule has 1 atom stereocenters. The lowest BCUT2D eigenvalue weighted by Crippen LogP contribution is -2.39. The van der Waals surface area contributed by atoms with Gasteiger partial charge in [0.05, 0.1) is 6.20 Å². The van der Waals surface area contributed by atoms with Crippen molar-refractivity contribution in [3.63, 3.8) is 0 Å². The molecular weight excluding hydrogens is 322 g/mol. The van der Waals surface area contributed by atoms with E-state index in [0.29, 0.717) is 5.92 Å². The SMILES string of the molecule is CN=C(NCc1ccc2ccccc2c1)N1CCC(c2cnn(C)c2)C1. The van der Waals surface area contributed by atoms with Crippen molar-refractivity contribution in [2.75, 3.05) is 20.1 Å². The number of aryl methyl sites for hydroxylation is 1. The van der Waals surface area contributed by atoms with Crippen LogP contribution in [0.2, 0.25) is 0 Å². The Labute approximate surface area is 154 Å². The van der Waals surface area contributed by atoms with Gasteiger partial charge >= 0.3 is 0 Å². The molecule has 0 aliphatic carbocycles. The Kier molecular flexibility index (Phi) is 4.61. The van der Waals surface area contributed by atoms with E-state index in [2.05, 4.69) is 69.0 Å². The van der Waals surface area contributed by atoms with Gasteiger partial charge in [0.15, 0.2) is 5.96 Å². The van der Waals surface area contributed by atoms with E-state index in [1.165, 1.54) is 21.9 Å². The van der Waals surface area contributed by atoms with Crippen molar-refractivity contribution in [3.8, 4) is 0 Å². The molecule has 5 nitrogen and oxygen atoms in total. The van der Waals surface area contributed by atoms with Gasteiger partial charge in [0, 0.05) is 45.8 Å². The number of hydrogen-bond donors (Lipinski definition) is 1. The van der Waals surface area contributed by atoms with Gasteiger partial charge in [-0.2, -0.15) is 5.10 Å². The molecule has 1 aliphatic rings. The normalized spacial score (nSPS) is 17.8. The van der Waals surface area contributed by atoms with E-state index in [1.54, 1.807) is 0 Å². The first-order chi connectivity index (χ1) is 12.7. The van der Waals surface area contributed by atoms with Crippen LogP contribution in [0.25, 0.3) is 10.8 Å². The van der Waals surface area contributed by atoms with Gasteiger partial charge in [-0.25, -0.2) is 0 Å². The average molecular weight is 347 g/mol. The zero-order valence-electron chi connectivity index (χ0n) is 15.4. The van der Waals surface area contributed by atoms with Gasteiger partial charge in [-0.3, -0.25) is 9.67 Å². The molecule has 0 saturated carbocycles. The summed E-state index contributed by atoms with van der Waals surface area (Å²) in [5.74, 6) is 1.51. The Hall–Kier alpha value is -2.82. The van der Waals surface area contributed by atoms with Gasteiger partial charge in [0.25, 0.3) is 0 Å². The molecule has 1 fully saturated rings. The van der Waals surface area contributed by atoms with E-state index < -0.39 is 0 Å². The zero-order chi connectivity index (χ0) is 17.9. The molecule has 134 valence electrons. The van der Waals surface area contributed by atoms with Crippen LogP contribution in [0.3, 0.4) is 0 Å². The Morgan fingerprint density at radius 1 is 1.23 bits per heavy atom. The summed E-state index contributed by atoms with van der Waals surface area (Å²) in [7, 11) is 3.83. The maximum absolute atomic E-state index is 4.49. The number of likely N-dealkylation sites (tertiary alicyclic amines) is 1. The molecule has 0 amide bonds. The molecule has 0 radical (unpaired) electrons. The van der Waals surface area contributed by atoms with Crippen LogP contribution in [0.15, 0.2) is 59.9 Å². The predicted octanol–water partition coefficient (Wildman–Crippen LogP) is 3.14. The number of fused-ring (bicyclic) bond motifs is 1. The maximum atomic E-state index is 4.49. The van der Waals surface area contributed by atoms with Crippen LogP contribution in [-0.2, 0) is 13.6 Å². The van der Waals surface area contributed by atoms with Crippen molar-refractivity contribution in [2.45, 2.75) is 18.9 Å². The first kappa shape index (κ1) is 16.6. The fourth-order valence-corrected chi connectivity index (χ4v) is 3.74. The van der Waals surface area contributed by atoms with Crippen molar-refractivity contribution in [1.82, 2.24) is 20.0 Å². The van der Waals surface area contributed by atoms with Crippen molar-refractivity contribution in [2.24, 2.45) is 12.0 Å². The largest absolute Gasteiger partial charge is 0.352 e. The smallest absolute Gasteiger partial charge is 0.193 e. The molecule has 1 saturated heterocycles. The Bertz CT molecular complexity index is 927. The minimum Gasteiger partial charge on any atom is -0.352 e. The third-order valence-electron chi connectivity index (χ3n) is 5.16. The number of rotatable bonds is 3. The lowest BCUT2D eigenvalue weighted by Gasteiger charge is -2.21. The third-order valence-corrected chi connectivity index (χ3v) is 5.16. The number of hydrogen-bond acceptors (Lipinski definition) is 2. The van der Waals surface area contributed by atoms with E-state index in [-0.39, 0.29) is 0 Å². The summed E-state index contributed by atoms with van der Waals surface area (Å²) in [5, 5.41) is 10.4. The van der Waals surface area contributed by atoms with Crippen LogP contribution in [0.4, 0.5) is 0 Å². The fraction of sp³-hybridized carbons (Fsp3) is 0.333. The monoisotopic (exact) mass is 347 g/mol. The van der Waals surface area contributed by atoms with Crippen LogP contribution < -0.4 is 5.32 Å². The minimum absolute atomic E-state index is 0.530. The van der Waals surface area contributed by atoms with E-state index >= 15 is 0 Å². The molecule has 2 heterocycles. The summed E-state index contributed by atoms with van der Waals surface area (Å²) in [6, 6.07) is 15.1. The van der Waals surface area contributed by atoms with Gasteiger partial charge in [0.1, 0.15) is 0 Å². The highest BCUT2D eigenvalue weighted by atomic mass is 15.3. The van der Waals surface area contributed by atoms with Gasteiger partial charge in [-0.1, -0.05) is 36.4 Å². The van der Waals surface area contributed by atoms with Crippen molar-refractivity contribution < 1.29 is 0 Å². The summed E-state index contributed by atoms with van der Waals surface area (Å²) in [6.45, 7) is 2.80. The molecule has 4 rings (SSSR count). The van der Waals surface area contributed by atoms with Crippen LogP contribution in [-0.4, -0.2) is 40.8 Å². The topological polar surface area (TPSA) is 45.5 Å². The first-order valence-corrected chi connectivity index (χ1v) is 9.15. The molecule has 2 aromatic carbocycles. The van der Waals surface area contributed by atoms with E-state index in [4.69, 9.17) is 0 Å². The number of aliphatic imine (C=N–C) groups is 1. The molecule has 3 aromatic rings. The molecule has 1 unspecified atom stereocenters. The third kappa shape index (κ3) is 3.43. The highest BCUT2D eigenvalue weighted by molar-refractivity contribution is 5.83. The van der Waals surface area contributed by atoms with Gasteiger partial charge in [0.2, 0.25) is 0 Å².